The fourth-order valence-electron chi connectivity index (χ4n) is 3.12. The Morgan fingerprint density at radius 1 is 1.24 bits per heavy atom. The number of nitrogens with one attached hydrogen (secondary N) is 1. The fourth-order valence-corrected chi connectivity index (χ4v) is 3.25. The molecule has 1 heterocycles. The quantitative estimate of drug-likeness (QED) is 0.835. The number of rotatable bonds is 5. The third-order valence-electron chi connectivity index (χ3n) is 4.46. The molecule has 0 radical (unpaired) electrons. The Kier molecular flexibility index (Phi) is 5.39. The Morgan fingerprint density at radius 3 is 2.72 bits per heavy atom. The number of aryl methyl sites for hydroxylation is 1. The van der Waals surface area contributed by atoms with Crippen molar-refractivity contribution < 1.29 is 9.59 Å². The Hall–Kier alpha value is -2.33. The molecule has 0 spiro atoms. The first kappa shape index (κ1) is 17.5. The molecule has 4 nitrogen and oxygen atoms in total. The Labute approximate surface area is 152 Å². The van der Waals surface area contributed by atoms with Crippen LogP contribution in [-0.2, 0) is 16.0 Å². The molecular formula is C20H21ClN2O2. The highest BCUT2D eigenvalue weighted by atomic mass is 35.5. The SMILES string of the molecule is Cc1cccc(CCNC(=O)[C@@H]2CCN(c3ccc(Cl)cc3)C2=O)c1. The average Bonchev–Trinajstić information content (AvgIpc) is 2.97. The summed E-state index contributed by atoms with van der Waals surface area (Å²) in [5.74, 6) is -0.933. The summed E-state index contributed by atoms with van der Waals surface area (Å²) in [6, 6.07) is 15.3. The number of halogens is 1. The number of nitrogens with zero attached hydrogens (tertiary/aromatic N) is 1. The summed E-state index contributed by atoms with van der Waals surface area (Å²) in [5.41, 5.74) is 3.17. The van der Waals surface area contributed by atoms with Crippen LogP contribution in [-0.4, -0.2) is 24.9 Å². The van der Waals surface area contributed by atoms with Crippen LogP contribution in [0.2, 0.25) is 5.02 Å². The summed E-state index contributed by atoms with van der Waals surface area (Å²) in [6.07, 6.45) is 1.30. The lowest BCUT2D eigenvalue weighted by Gasteiger charge is -2.17. The highest BCUT2D eigenvalue weighted by molar-refractivity contribution is 6.30. The van der Waals surface area contributed by atoms with Crippen LogP contribution in [0.5, 0.6) is 0 Å². The maximum absolute atomic E-state index is 12.5. The number of anilines is 1. The average molecular weight is 357 g/mol. The van der Waals surface area contributed by atoms with E-state index in [4.69, 9.17) is 11.6 Å². The van der Waals surface area contributed by atoms with Crippen LogP contribution in [0.1, 0.15) is 17.5 Å². The maximum atomic E-state index is 12.5. The van der Waals surface area contributed by atoms with E-state index in [0.29, 0.717) is 24.5 Å². The molecule has 1 saturated heterocycles. The zero-order valence-electron chi connectivity index (χ0n) is 14.2. The molecule has 0 aliphatic carbocycles. The number of hydrogen-bond acceptors (Lipinski definition) is 2. The van der Waals surface area contributed by atoms with E-state index in [1.807, 2.05) is 25.1 Å². The molecule has 2 amide bonds. The van der Waals surface area contributed by atoms with Crippen molar-refractivity contribution in [1.29, 1.82) is 0 Å². The molecule has 3 rings (SSSR count). The Balaban J connectivity index is 1.54. The summed E-state index contributed by atoms with van der Waals surface area (Å²) in [6.45, 7) is 3.13. The summed E-state index contributed by atoms with van der Waals surface area (Å²) in [7, 11) is 0. The largest absolute Gasteiger partial charge is 0.355 e. The Bertz CT molecular complexity index is 774. The van der Waals surface area contributed by atoms with Crippen LogP contribution in [0.3, 0.4) is 0 Å². The van der Waals surface area contributed by atoms with Crippen LogP contribution in [0, 0.1) is 12.8 Å². The lowest BCUT2D eigenvalue weighted by atomic mass is 10.1. The van der Waals surface area contributed by atoms with Crippen molar-refractivity contribution >= 4 is 29.1 Å². The van der Waals surface area contributed by atoms with Gasteiger partial charge in [-0.25, -0.2) is 0 Å². The number of hydrogen-bond donors (Lipinski definition) is 1. The van der Waals surface area contributed by atoms with Crippen LogP contribution in [0.4, 0.5) is 5.69 Å². The molecule has 5 heteroatoms. The lowest BCUT2D eigenvalue weighted by Crippen LogP contribution is -2.37. The predicted octanol–water partition coefficient (Wildman–Crippen LogP) is 3.36. The van der Waals surface area contributed by atoms with Gasteiger partial charge in [0, 0.05) is 23.8 Å². The zero-order valence-corrected chi connectivity index (χ0v) is 14.9. The van der Waals surface area contributed by atoms with Crippen LogP contribution in [0.15, 0.2) is 48.5 Å². The molecule has 130 valence electrons. The molecule has 0 bridgehead atoms. The molecule has 1 atom stereocenters. The minimum Gasteiger partial charge on any atom is -0.355 e. The van der Waals surface area contributed by atoms with Crippen molar-refractivity contribution in [3.8, 4) is 0 Å². The molecule has 1 aliphatic heterocycles. The van der Waals surface area contributed by atoms with Gasteiger partial charge in [0.1, 0.15) is 5.92 Å². The second-order valence-electron chi connectivity index (χ2n) is 6.34. The first-order valence-electron chi connectivity index (χ1n) is 8.45. The second-order valence-corrected chi connectivity index (χ2v) is 6.77. The van der Waals surface area contributed by atoms with Gasteiger partial charge in [-0.05, 0) is 49.6 Å². The monoisotopic (exact) mass is 356 g/mol. The van der Waals surface area contributed by atoms with Crippen LogP contribution in [0.25, 0.3) is 0 Å². The van der Waals surface area contributed by atoms with Gasteiger partial charge in [-0.3, -0.25) is 9.59 Å². The minimum atomic E-state index is -0.604. The third kappa shape index (κ3) is 4.20. The highest BCUT2D eigenvalue weighted by Gasteiger charge is 2.37. The lowest BCUT2D eigenvalue weighted by molar-refractivity contribution is -0.132. The second kappa shape index (κ2) is 7.70. The van der Waals surface area contributed by atoms with Gasteiger partial charge in [0.15, 0.2) is 0 Å². The molecule has 0 saturated carbocycles. The van der Waals surface area contributed by atoms with Crippen molar-refractivity contribution in [1.82, 2.24) is 5.32 Å². The summed E-state index contributed by atoms with van der Waals surface area (Å²) in [5, 5.41) is 3.52. The number of carbonyl (C=O) groups is 2. The van der Waals surface area contributed by atoms with Gasteiger partial charge in [-0.1, -0.05) is 41.4 Å². The fraction of sp³-hybridized carbons (Fsp3) is 0.300. The van der Waals surface area contributed by atoms with E-state index in [-0.39, 0.29) is 11.8 Å². The molecule has 0 aromatic heterocycles. The van der Waals surface area contributed by atoms with Gasteiger partial charge in [-0.2, -0.15) is 0 Å². The summed E-state index contributed by atoms with van der Waals surface area (Å²) in [4.78, 5) is 26.6. The van der Waals surface area contributed by atoms with Crippen LogP contribution >= 0.6 is 11.6 Å². The molecule has 2 aromatic rings. The summed E-state index contributed by atoms with van der Waals surface area (Å²) < 4.78 is 0. The van der Waals surface area contributed by atoms with Crippen molar-refractivity contribution in [3.63, 3.8) is 0 Å². The van der Waals surface area contributed by atoms with E-state index < -0.39 is 5.92 Å². The number of amides is 2. The van der Waals surface area contributed by atoms with Crippen LogP contribution < -0.4 is 10.2 Å². The molecule has 2 aromatic carbocycles. The Morgan fingerprint density at radius 2 is 2.00 bits per heavy atom. The number of carbonyl (C=O) groups excluding carboxylic acids is 2. The van der Waals surface area contributed by atoms with Crippen molar-refractivity contribution in [2.24, 2.45) is 5.92 Å². The van der Waals surface area contributed by atoms with E-state index in [0.717, 1.165) is 12.1 Å². The van der Waals surface area contributed by atoms with Crippen molar-refractivity contribution in [3.05, 3.63) is 64.7 Å². The van der Waals surface area contributed by atoms with Gasteiger partial charge in [0.05, 0.1) is 0 Å². The number of benzene rings is 2. The van der Waals surface area contributed by atoms with Crippen molar-refractivity contribution in [2.45, 2.75) is 19.8 Å². The molecular weight excluding hydrogens is 336 g/mol. The first-order valence-corrected chi connectivity index (χ1v) is 8.82. The standard InChI is InChI=1S/C20H21ClN2O2/c1-14-3-2-4-15(13-14)9-11-22-19(24)18-10-12-23(20(18)25)17-7-5-16(21)6-8-17/h2-8,13,18H,9-12H2,1H3,(H,22,24)/t18-/m0/s1. The smallest absolute Gasteiger partial charge is 0.239 e. The van der Waals surface area contributed by atoms with E-state index in [1.165, 1.54) is 11.1 Å². The predicted molar refractivity (Wildman–Crippen MR) is 99.8 cm³/mol. The van der Waals surface area contributed by atoms with E-state index in [2.05, 4.69) is 11.4 Å². The van der Waals surface area contributed by atoms with Gasteiger partial charge in [0.25, 0.3) is 0 Å². The van der Waals surface area contributed by atoms with E-state index in [1.54, 1.807) is 29.2 Å². The normalized spacial score (nSPS) is 17.0. The van der Waals surface area contributed by atoms with E-state index >= 15 is 0 Å². The maximum Gasteiger partial charge on any atom is 0.239 e. The zero-order chi connectivity index (χ0) is 17.8. The minimum absolute atomic E-state index is 0.143. The topological polar surface area (TPSA) is 49.4 Å². The molecule has 1 N–H and O–H groups in total. The van der Waals surface area contributed by atoms with Gasteiger partial charge < -0.3 is 10.2 Å². The summed E-state index contributed by atoms with van der Waals surface area (Å²) >= 11 is 5.88. The first-order chi connectivity index (χ1) is 12.0. The molecule has 0 unspecified atom stereocenters. The van der Waals surface area contributed by atoms with E-state index in [9.17, 15) is 9.59 Å². The highest BCUT2D eigenvalue weighted by Crippen LogP contribution is 2.26. The van der Waals surface area contributed by atoms with Gasteiger partial charge >= 0.3 is 0 Å². The third-order valence-corrected chi connectivity index (χ3v) is 4.71. The molecule has 25 heavy (non-hydrogen) atoms. The van der Waals surface area contributed by atoms with Gasteiger partial charge in [0.2, 0.25) is 11.8 Å². The molecule has 1 fully saturated rings. The van der Waals surface area contributed by atoms with Crippen molar-refractivity contribution in [2.75, 3.05) is 18.0 Å². The molecule has 1 aliphatic rings. The van der Waals surface area contributed by atoms with Gasteiger partial charge in [-0.15, -0.1) is 0 Å².